The molecular weight excluding hydrogens is 352 g/mol. The monoisotopic (exact) mass is 362 g/mol. The summed E-state index contributed by atoms with van der Waals surface area (Å²) in [5, 5.41) is 24.1. The Bertz CT molecular complexity index is 993. The molecule has 2 N–H and O–H groups in total. The van der Waals surface area contributed by atoms with Crippen LogP contribution in [0.3, 0.4) is 0 Å². The van der Waals surface area contributed by atoms with Gasteiger partial charge in [-0.2, -0.15) is 5.21 Å². The van der Waals surface area contributed by atoms with Gasteiger partial charge in [0.1, 0.15) is 9.97 Å². The summed E-state index contributed by atoms with van der Waals surface area (Å²) in [6.45, 7) is 0. The van der Waals surface area contributed by atoms with E-state index in [-0.39, 0.29) is 20.5 Å². The van der Waals surface area contributed by atoms with Gasteiger partial charge in [-0.25, -0.2) is 8.42 Å². The molecule has 24 heavy (non-hydrogen) atoms. The number of carbonyl (C=O) groups is 1. The van der Waals surface area contributed by atoms with E-state index in [1.807, 2.05) is 0 Å². The fourth-order valence-corrected chi connectivity index (χ4v) is 4.71. The molecule has 8 nitrogen and oxygen atoms in total. The smallest absolute Gasteiger partial charge is 0.244 e. The molecule has 0 bridgehead atoms. The molecule has 2 heterocycles. The number of nitrogens with zero attached hydrogens (tertiary/aromatic N) is 3. The largest absolute Gasteiger partial charge is 0.507 e. The predicted octanol–water partition coefficient (Wildman–Crippen LogP) is 1.88. The highest BCUT2D eigenvalue weighted by molar-refractivity contribution is 7.93. The van der Waals surface area contributed by atoms with Gasteiger partial charge in [-0.15, -0.1) is 21.5 Å². The number of aliphatic hydroxyl groups excluding tert-OH is 1. The number of nitrogens with one attached hydrogen (secondary N) is 1. The van der Waals surface area contributed by atoms with E-state index in [4.69, 9.17) is 0 Å². The Balaban J connectivity index is 2.01. The highest BCUT2D eigenvalue weighted by Gasteiger charge is 2.25. The molecule has 10 heteroatoms. The van der Waals surface area contributed by atoms with Gasteiger partial charge >= 0.3 is 0 Å². The quantitative estimate of drug-likeness (QED) is 0.403. The summed E-state index contributed by atoms with van der Waals surface area (Å²) >= 11 is 0.954. The maximum Gasteiger partial charge on any atom is 0.244 e. The molecule has 3 aromatic rings. The van der Waals surface area contributed by atoms with Crippen molar-refractivity contribution in [3.63, 3.8) is 0 Å². The van der Waals surface area contributed by atoms with E-state index >= 15 is 0 Å². The Morgan fingerprint density at radius 1 is 1.21 bits per heavy atom. The van der Waals surface area contributed by atoms with Crippen molar-refractivity contribution in [1.29, 1.82) is 0 Å². The lowest BCUT2D eigenvalue weighted by Gasteiger charge is -2.05. The third-order valence-corrected chi connectivity index (χ3v) is 6.29. The van der Waals surface area contributed by atoms with Crippen molar-refractivity contribution >= 4 is 32.7 Å². The van der Waals surface area contributed by atoms with Crippen LogP contribution in [0.4, 0.5) is 0 Å². The van der Waals surface area contributed by atoms with Crippen LogP contribution in [-0.2, 0) is 9.84 Å². The average Bonchev–Trinajstić information content (AvgIpc) is 3.27. The fourth-order valence-electron chi connectivity index (χ4n) is 1.93. The number of aromatic amines is 1. The van der Waals surface area contributed by atoms with Crippen LogP contribution in [0.2, 0.25) is 0 Å². The number of aromatic nitrogens is 4. The number of sulfone groups is 1. The summed E-state index contributed by atoms with van der Waals surface area (Å²) < 4.78 is 25.3. The summed E-state index contributed by atoms with van der Waals surface area (Å²) in [4.78, 5) is 12.0. The number of carbonyl (C=O) groups excluding carboxylic acids is 1. The Kier molecular flexibility index (Phi) is 4.23. The number of aliphatic hydroxyl groups is 1. The van der Waals surface area contributed by atoms with Gasteiger partial charge in [0, 0.05) is 11.6 Å². The maximum atomic E-state index is 12.7. The minimum atomic E-state index is -3.80. The van der Waals surface area contributed by atoms with Crippen LogP contribution in [-0.4, -0.2) is 39.9 Å². The fraction of sp³-hybridized carbons (Fsp3) is 0. The molecule has 1 aromatic carbocycles. The molecule has 0 saturated carbocycles. The molecule has 0 radical (unpaired) electrons. The molecule has 3 rings (SSSR count). The van der Waals surface area contributed by atoms with Crippen LogP contribution >= 0.6 is 11.3 Å². The van der Waals surface area contributed by atoms with Gasteiger partial charge in [0.25, 0.3) is 0 Å². The lowest BCUT2D eigenvalue weighted by molar-refractivity contribution is 0.103. The van der Waals surface area contributed by atoms with Crippen molar-refractivity contribution in [1.82, 2.24) is 20.6 Å². The lowest BCUT2D eigenvalue weighted by atomic mass is 10.2. The number of allylic oxidation sites excluding steroid dienone is 1. The zero-order valence-corrected chi connectivity index (χ0v) is 13.6. The van der Waals surface area contributed by atoms with E-state index < -0.39 is 21.4 Å². The van der Waals surface area contributed by atoms with Gasteiger partial charge in [-0.1, -0.05) is 18.2 Å². The summed E-state index contributed by atoms with van der Waals surface area (Å²) in [5.41, 5.74) is 0.0423. The first-order valence-corrected chi connectivity index (χ1v) is 8.93. The van der Waals surface area contributed by atoms with Gasteiger partial charge in [0.05, 0.1) is 4.90 Å². The first kappa shape index (κ1) is 16.0. The molecule has 0 amide bonds. The first-order chi connectivity index (χ1) is 11.5. The lowest BCUT2D eigenvalue weighted by Crippen LogP contribution is -2.04. The number of tetrazole rings is 1. The first-order valence-electron chi connectivity index (χ1n) is 6.56. The normalized spacial score (nSPS) is 12.2. The number of ketones is 1. The Morgan fingerprint density at radius 3 is 2.62 bits per heavy atom. The Morgan fingerprint density at radius 2 is 1.96 bits per heavy atom. The van der Waals surface area contributed by atoms with Crippen molar-refractivity contribution in [3.05, 3.63) is 59.2 Å². The minimum Gasteiger partial charge on any atom is -0.507 e. The summed E-state index contributed by atoms with van der Waals surface area (Å²) in [6, 6.07) is 9.27. The number of hydrogen-bond donors (Lipinski definition) is 2. The van der Waals surface area contributed by atoms with Gasteiger partial charge in [-0.05, 0) is 28.8 Å². The van der Waals surface area contributed by atoms with Gasteiger partial charge < -0.3 is 5.11 Å². The highest BCUT2D eigenvalue weighted by atomic mass is 32.2. The van der Waals surface area contributed by atoms with Crippen LogP contribution in [0, 0.1) is 0 Å². The van der Waals surface area contributed by atoms with E-state index in [1.165, 1.54) is 23.6 Å². The van der Waals surface area contributed by atoms with Crippen molar-refractivity contribution in [3.8, 4) is 0 Å². The van der Waals surface area contributed by atoms with Crippen molar-refractivity contribution in [2.45, 2.75) is 9.10 Å². The number of benzene rings is 1. The third-order valence-electron chi connectivity index (χ3n) is 3.04. The summed E-state index contributed by atoms with van der Waals surface area (Å²) in [5.74, 6) is -1.42. The van der Waals surface area contributed by atoms with Gasteiger partial charge in [-0.3, -0.25) is 4.79 Å². The predicted molar refractivity (Wildman–Crippen MR) is 85.3 cm³/mol. The summed E-state index contributed by atoms with van der Waals surface area (Å²) in [6.07, 6.45) is 0.858. The Hall–Kier alpha value is -2.85. The number of rotatable bonds is 5. The molecule has 0 spiro atoms. The second kappa shape index (κ2) is 6.34. The summed E-state index contributed by atoms with van der Waals surface area (Å²) in [7, 11) is -3.80. The maximum absolute atomic E-state index is 12.7. The molecule has 0 unspecified atom stereocenters. The van der Waals surface area contributed by atoms with Crippen LogP contribution in [0.1, 0.15) is 16.2 Å². The van der Waals surface area contributed by atoms with Crippen molar-refractivity contribution < 1.29 is 18.3 Å². The SMILES string of the molecule is O=C(C=C(O)c1ccsc1S(=O)(=O)c1ccccc1)c1nn[nH]n1. The molecule has 122 valence electrons. The molecule has 0 aliphatic rings. The number of hydrogen-bond acceptors (Lipinski definition) is 8. The number of H-pyrrole nitrogens is 1. The standard InChI is InChI=1S/C14H10N4O4S2/c19-11(8-12(20)13-15-17-18-16-13)10-6-7-23-14(10)24(21,22)9-4-2-1-3-5-9/h1-8,19H,(H,15,16,17,18). The molecule has 0 aliphatic carbocycles. The van der Waals surface area contributed by atoms with E-state index in [2.05, 4.69) is 20.6 Å². The zero-order valence-electron chi connectivity index (χ0n) is 11.9. The zero-order chi connectivity index (χ0) is 17.2. The third kappa shape index (κ3) is 2.96. The van der Waals surface area contributed by atoms with Crippen LogP contribution in [0.15, 0.2) is 57.0 Å². The van der Waals surface area contributed by atoms with Gasteiger partial charge in [0.2, 0.25) is 21.4 Å². The minimum absolute atomic E-state index is 0.0423. The van der Waals surface area contributed by atoms with E-state index in [0.717, 1.165) is 17.4 Å². The second-order valence-corrected chi connectivity index (χ2v) is 7.63. The van der Waals surface area contributed by atoms with Crippen LogP contribution in [0.25, 0.3) is 5.76 Å². The van der Waals surface area contributed by atoms with E-state index in [1.54, 1.807) is 18.2 Å². The van der Waals surface area contributed by atoms with E-state index in [9.17, 15) is 18.3 Å². The molecular formula is C14H10N4O4S2. The molecule has 0 aliphatic heterocycles. The van der Waals surface area contributed by atoms with Crippen LogP contribution in [0.5, 0.6) is 0 Å². The molecule has 0 fully saturated rings. The molecule has 0 atom stereocenters. The van der Waals surface area contributed by atoms with Crippen molar-refractivity contribution in [2.24, 2.45) is 0 Å². The highest BCUT2D eigenvalue weighted by Crippen LogP contribution is 2.32. The van der Waals surface area contributed by atoms with Crippen LogP contribution < -0.4 is 0 Å². The topological polar surface area (TPSA) is 126 Å². The van der Waals surface area contributed by atoms with Gasteiger partial charge in [0.15, 0.2) is 0 Å². The van der Waals surface area contributed by atoms with E-state index in [0.29, 0.717) is 0 Å². The van der Waals surface area contributed by atoms with Crippen molar-refractivity contribution in [2.75, 3.05) is 0 Å². The number of thiophene rings is 1. The molecule has 2 aromatic heterocycles. The average molecular weight is 362 g/mol. The molecule has 0 saturated heterocycles. The second-order valence-electron chi connectivity index (χ2n) is 4.57. The Labute approximate surface area is 140 Å².